The average molecular weight is 481 g/mol. The third-order valence-corrected chi connectivity index (χ3v) is 8.74. The highest BCUT2D eigenvalue weighted by molar-refractivity contribution is 7.89. The summed E-state index contributed by atoms with van der Waals surface area (Å²) in [4.78, 5) is 14.2. The van der Waals surface area contributed by atoms with Crippen LogP contribution in [0.15, 0.2) is 40.6 Å². The van der Waals surface area contributed by atoms with E-state index < -0.39 is 10.0 Å². The third-order valence-electron chi connectivity index (χ3n) is 5.87. The first kappa shape index (κ1) is 24.7. The molecule has 0 spiro atoms. The molecule has 1 unspecified atom stereocenters. The monoisotopic (exact) mass is 480 g/mol. The van der Waals surface area contributed by atoms with Crippen molar-refractivity contribution in [3.63, 3.8) is 0 Å². The largest absolute Gasteiger partial charge is 0.495 e. The standard InChI is InChI=1S/C23H32N2O5S2/c1-4-18(5-2)23(20-7-6-14-31-20)24-22(26)16-17-8-9-19(29-3)21(15-17)32(27,28)25-10-12-30-13-11-25/h6-9,14-15,18,23H,4-5,10-13,16H2,1-3H3,(H,24,26). The van der Waals surface area contributed by atoms with Gasteiger partial charge in [-0.15, -0.1) is 11.3 Å². The summed E-state index contributed by atoms with van der Waals surface area (Å²) < 4.78 is 38.4. The number of methoxy groups -OCH3 is 1. The van der Waals surface area contributed by atoms with Crippen molar-refractivity contribution in [3.8, 4) is 5.75 Å². The van der Waals surface area contributed by atoms with Crippen molar-refractivity contribution in [1.29, 1.82) is 0 Å². The van der Waals surface area contributed by atoms with Crippen LogP contribution in [0.4, 0.5) is 0 Å². The Balaban J connectivity index is 1.81. The molecule has 1 aromatic heterocycles. The van der Waals surface area contributed by atoms with Crippen LogP contribution >= 0.6 is 11.3 Å². The summed E-state index contributed by atoms with van der Waals surface area (Å²) in [6, 6.07) is 8.91. The van der Waals surface area contributed by atoms with Crippen molar-refractivity contribution in [2.75, 3.05) is 33.4 Å². The molecule has 1 aromatic carbocycles. The van der Waals surface area contributed by atoms with E-state index >= 15 is 0 Å². The topological polar surface area (TPSA) is 84.9 Å². The smallest absolute Gasteiger partial charge is 0.246 e. The summed E-state index contributed by atoms with van der Waals surface area (Å²) in [6.45, 7) is 5.59. The second-order valence-corrected chi connectivity index (χ2v) is 10.7. The highest BCUT2D eigenvalue weighted by Gasteiger charge is 2.30. The number of carbonyl (C=O) groups excluding carboxylic acids is 1. The molecule has 1 saturated heterocycles. The number of morpholine rings is 1. The molecule has 1 aliphatic rings. The summed E-state index contributed by atoms with van der Waals surface area (Å²) in [5, 5.41) is 5.20. The number of thiophene rings is 1. The zero-order valence-electron chi connectivity index (χ0n) is 18.9. The van der Waals surface area contributed by atoms with Crippen molar-refractivity contribution in [3.05, 3.63) is 46.2 Å². The van der Waals surface area contributed by atoms with Crippen LogP contribution in [0, 0.1) is 5.92 Å². The fourth-order valence-corrected chi connectivity index (χ4v) is 6.50. The number of hydrogen-bond acceptors (Lipinski definition) is 6. The van der Waals surface area contributed by atoms with Crippen LogP contribution in [0.3, 0.4) is 0 Å². The van der Waals surface area contributed by atoms with Gasteiger partial charge in [0.1, 0.15) is 10.6 Å². The Morgan fingerprint density at radius 3 is 2.53 bits per heavy atom. The van der Waals surface area contributed by atoms with E-state index in [2.05, 4.69) is 19.2 Å². The lowest BCUT2D eigenvalue weighted by Crippen LogP contribution is -2.40. The summed E-state index contributed by atoms with van der Waals surface area (Å²) in [7, 11) is -2.30. The van der Waals surface area contributed by atoms with Crippen LogP contribution < -0.4 is 10.1 Å². The zero-order valence-corrected chi connectivity index (χ0v) is 20.5. The van der Waals surface area contributed by atoms with Crippen LogP contribution in [-0.4, -0.2) is 52.0 Å². The minimum absolute atomic E-state index is 0.0488. The number of rotatable bonds is 10. The Hall–Kier alpha value is -1.94. The number of nitrogens with zero attached hydrogens (tertiary/aromatic N) is 1. The number of sulfonamides is 1. The lowest BCUT2D eigenvalue weighted by atomic mass is 9.92. The first-order valence-corrected chi connectivity index (χ1v) is 13.3. The normalized spacial score (nSPS) is 16.1. The fourth-order valence-electron chi connectivity index (χ4n) is 4.02. The molecule has 1 atom stereocenters. The number of amides is 1. The van der Waals surface area contributed by atoms with Crippen LogP contribution in [0.2, 0.25) is 0 Å². The lowest BCUT2D eigenvalue weighted by molar-refractivity contribution is -0.121. The van der Waals surface area contributed by atoms with Gasteiger partial charge in [-0.05, 0) is 35.1 Å². The minimum Gasteiger partial charge on any atom is -0.495 e. The molecular weight excluding hydrogens is 448 g/mol. The van der Waals surface area contributed by atoms with E-state index in [1.807, 2.05) is 17.5 Å². The van der Waals surface area contributed by atoms with Gasteiger partial charge >= 0.3 is 0 Å². The predicted octanol–water partition coefficient (Wildman–Crippen LogP) is 3.61. The van der Waals surface area contributed by atoms with Crippen molar-refractivity contribution < 1.29 is 22.7 Å². The first-order chi connectivity index (χ1) is 15.4. The average Bonchev–Trinajstić information content (AvgIpc) is 3.34. The van der Waals surface area contributed by atoms with Gasteiger partial charge in [-0.25, -0.2) is 8.42 Å². The van der Waals surface area contributed by atoms with Crippen LogP contribution in [0.5, 0.6) is 5.75 Å². The SMILES string of the molecule is CCC(CC)C(NC(=O)Cc1ccc(OC)c(S(=O)(=O)N2CCOCC2)c1)c1cccs1. The molecule has 0 radical (unpaired) electrons. The summed E-state index contributed by atoms with van der Waals surface area (Å²) in [5.41, 5.74) is 0.629. The number of ether oxygens (including phenoxy) is 2. The van der Waals surface area contributed by atoms with Crippen LogP contribution in [0.1, 0.15) is 43.2 Å². The van der Waals surface area contributed by atoms with Crippen LogP contribution in [0.25, 0.3) is 0 Å². The molecule has 32 heavy (non-hydrogen) atoms. The van der Waals surface area contributed by atoms with Gasteiger partial charge in [-0.3, -0.25) is 4.79 Å². The number of benzene rings is 1. The van der Waals surface area contributed by atoms with E-state index in [0.29, 0.717) is 37.8 Å². The second kappa shape index (κ2) is 11.3. The molecule has 1 fully saturated rings. The Kier molecular flexibility index (Phi) is 8.70. The van der Waals surface area contributed by atoms with Gasteiger partial charge in [0.15, 0.2) is 0 Å². The molecule has 2 aromatic rings. The molecule has 176 valence electrons. The Morgan fingerprint density at radius 1 is 1.22 bits per heavy atom. The zero-order chi connectivity index (χ0) is 23.1. The molecular formula is C23H32N2O5S2. The lowest BCUT2D eigenvalue weighted by Gasteiger charge is -2.27. The van der Waals surface area contributed by atoms with Gasteiger partial charge < -0.3 is 14.8 Å². The third kappa shape index (κ3) is 5.70. The fraction of sp³-hybridized carbons (Fsp3) is 0.522. The highest BCUT2D eigenvalue weighted by atomic mass is 32.2. The molecule has 9 heteroatoms. The Labute approximate surface area is 194 Å². The van der Waals surface area contributed by atoms with Crippen molar-refractivity contribution in [2.24, 2.45) is 5.92 Å². The van der Waals surface area contributed by atoms with Gasteiger partial charge in [-0.2, -0.15) is 4.31 Å². The number of hydrogen-bond donors (Lipinski definition) is 1. The van der Waals surface area contributed by atoms with Gasteiger partial charge in [0.25, 0.3) is 0 Å². The van der Waals surface area contributed by atoms with E-state index in [0.717, 1.165) is 17.7 Å². The summed E-state index contributed by atoms with van der Waals surface area (Å²) in [6.07, 6.45) is 2.02. The maximum atomic E-state index is 13.2. The summed E-state index contributed by atoms with van der Waals surface area (Å²) in [5.74, 6) is 0.482. The van der Waals surface area contributed by atoms with E-state index in [9.17, 15) is 13.2 Å². The van der Waals surface area contributed by atoms with Gasteiger partial charge in [0, 0.05) is 18.0 Å². The van der Waals surface area contributed by atoms with Crippen molar-refractivity contribution in [1.82, 2.24) is 9.62 Å². The van der Waals surface area contributed by atoms with E-state index in [1.54, 1.807) is 29.5 Å². The molecule has 0 saturated carbocycles. The maximum Gasteiger partial charge on any atom is 0.246 e. The second-order valence-electron chi connectivity index (χ2n) is 7.82. The van der Waals surface area contributed by atoms with Gasteiger partial charge in [-0.1, -0.05) is 38.8 Å². The maximum absolute atomic E-state index is 13.2. The Bertz CT molecular complexity index is 982. The number of carbonyl (C=O) groups is 1. The molecule has 1 N–H and O–H groups in total. The predicted molar refractivity (Wildman–Crippen MR) is 126 cm³/mol. The van der Waals surface area contributed by atoms with Gasteiger partial charge in [0.05, 0.1) is 32.8 Å². The minimum atomic E-state index is -3.74. The molecule has 1 aliphatic heterocycles. The van der Waals surface area contributed by atoms with Gasteiger partial charge in [0.2, 0.25) is 15.9 Å². The Morgan fingerprint density at radius 2 is 1.94 bits per heavy atom. The number of nitrogens with one attached hydrogen (secondary N) is 1. The molecule has 7 nitrogen and oxygen atoms in total. The van der Waals surface area contributed by atoms with Crippen molar-refractivity contribution >= 4 is 27.3 Å². The molecule has 3 rings (SSSR count). The van der Waals surface area contributed by atoms with Crippen molar-refractivity contribution in [2.45, 2.75) is 44.0 Å². The quantitative estimate of drug-likeness (QED) is 0.562. The first-order valence-electron chi connectivity index (χ1n) is 11.0. The molecule has 2 heterocycles. The molecule has 0 aliphatic carbocycles. The van der Waals surface area contributed by atoms with E-state index in [4.69, 9.17) is 9.47 Å². The van der Waals surface area contributed by atoms with E-state index in [-0.39, 0.29) is 29.0 Å². The van der Waals surface area contributed by atoms with Crippen LogP contribution in [-0.2, 0) is 26.0 Å². The summed E-state index contributed by atoms with van der Waals surface area (Å²) >= 11 is 1.64. The highest BCUT2D eigenvalue weighted by Crippen LogP contribution is 2.31. The molecule has 0 bridgehead atoms. The van der Waals surface area contributed by atoms with E-state index in [1.165, 1.54) is 11.4 Å². The molecule has 1 amide bonds.